The molecule has 0 unspecified atom stereocenters. The van der Waals surface area contributed by atoms with Gasteiger partial charge in [-0.05, 0) is 19.9 Å². The molecular formula is C16H20F3NO6. The Morgan fingerprint density at radius 3 is 2.54 bits per heavy atom. The van der Waals surface area contributed by atoms with Gasteiger partial charge in [0, 0.05) is 13.2 Å². The van der Waals surface area contributed by atoms with Crippen LogP contribution in [0.5, 0.6) is 5.88 Å². The molecule has 0 aliphatic carbocycles. The van der Waals surface area contributed by atoms with E-state index in [9.17, 15) is 18.3 Å². The third-order valence-electron chi connectivity index (χ3n) is 4.11. The molecule has 1 aromatic rings. The molecule has 0 amide bonds. The number of alkyl halides is 3. The van der Waals surface area contributed by atoms with Crippen LogP contribution in [0.15, 0.2) is 18.2 Å². The van der Waals surface area contributed by atoms with Gasteiger partial charge in [-0.2, -0.15) is 13.2 Å². The number of hydrogen-bond donors (Lipinski definition) is 1. The Labute approximate surface area is 148 Å². The number of methoxy groups -OCH3 is 1. The van der Waals surface area contributed by atoms with Crippen molar-refractivity contribution in [2.75, 3.05) is 13.7 Å². The second-order valence-corrected chi connectivity index (χ2v) is 6.47. The van der Waals surface area contributed by atoms with Crippen molar-refractivity contribution in [2.45, 2.75) is 56.5 Å². The Morgan fingerprint density at radius 1 is 1.23 bits per heavy atom. The van der Waals surface area contributed by atoms with Crippen molar-refractivity contribution in [3.8, 4) is 5.88 Å². The van der Waals surface area contributed by atoms with Crippen LogP contribution in [-0.4, -0.2) is 60.3 Å². The number of aliphatic hydroxyl groups excluding tert-OH is 1. The van der Waals surface area contributed by atoms with Crippen LogP contribution in [0.3, 0.4) is 0 Å². The zero-order chi connectivity index (χ0) is 19.1. The Morgan fingerprint density at radius 2 is 1.92 bits per heavy atom. The molecule has 146 valence electrons. The zero-order valence-electron chi connectivity index (χ0n) is 14.4. The molecule has 3 heterocycles. The summed E-state index contributed by atoms with van der Waals surface area (Å²) in [5.41, 5.74) is -1.07. The number of fused-ring (bicyclic) bond motifs is 1. The number of ether oxygens (including phenoxy) is 5. The fourth-order valence-corrected chi connectivity index (χ4v) is 3.08. The van der Waals surface area contributed by atoms with Gasteiger partial charge in [0.1, 0.15) is 24.0 Å². The number of halogens is 3. The second-order valence-electron chi connectivity index (χ2n) is 6.47. The first-order valence-electron chi connectivity index (χ1n) is 8.00. The summed E-state index contributed by atoms with van der Waals surface area (Å²) in [4.78, 5) is 3.49. The van der Waals surface area contributed by atoms with Gasteiger partial charge in [0.25, 0.3) is 0 Å². The number of aliphatic hydroxyl groups is 1. The molecule has 2 aliphatic rings. The van der Waals surface area contributed by atoms with E-state index in [-0.39, 0.29) is 12.5 Å². The van der Waals surface area contributed by atoms with E-state index < -0.39 is 48.4 Å². The number of pyridine rings is 1. The third-order valence-corrected chi connectivity index (χ3v) is 4.11. The highest BCUT2D eigenvalue weighted by Gasteiger charge is 2.56. The summed E-state index contributed by atoms with van der Waals surface area (Å²) >= 11 is 0. The predicted octanol–water partition coefficient (Wildman–Crippen LogP) is 1.73. The first kappa shape index (κ1) is 19.3. The minimum Gasteiger partial charge on any atom is -0.466 e. The summed E-state index contributed by atoms with van der Waals surface area (Å²) in [5, 5.41) is 9.53. The first-order chi connectivity index (χ1) is 12.1. The van der Waals surface area contributed by atoms with Crippen LogP contribution in [0.2, 0.25) is 0 Å². The molecule has 10 heteroatoms. The Bertz CT molecular complexity index is 641. The lowest BCUT2D eigenvalue weighted by Gasteiger charge is -2.40. The number of rotatable bonds is 4. The van der Waals surface area contributed by atoms with Gasteiger partial charge < -0.3 is 28.8 Å². The van der Waals surface area contributed by atoms with Crippen LogP contribution in [-0.2, 0) is 25.1 Å². The normalized spacial score (nSPS) is 33.7. The Kier molecular flexibility index (Phi) is 5.15. The third kappa shape index (κ3) is 3.79. The maximum Gasteiger partial charge on any atom is 0.433 e. The SMILES string of the molecule is CO[C@H]1O[C@H](CO)[C@@H]2OC(C)(C)O[C@@H]2[C@H]1Oc1cccc(C(F)(F)F)n1. The molecule has 0 aromatic carbocycles. The summed E-state index contributed by atoms with van der Waals surface area (Å²) in [5.74, 6) is -1.22. The van der Waals surface area contributed by atoms with E-state index in [4.69, 9.17) is 23.7 Å². The highest BCUT2D eigenvalue weighted by Crippen LogP contribution is 2.39. The predicted molar refractivity (Wildman–Crippen MR) is 80.2 cm³/mol. The van der Waals surface area contributed by atoms with Gasteiger partial charge in [0.05, 0.1) is 6.61 Å². The standard InChI is InChI=1S/C16H20F3NO6/c1-15(2)25-11-8(7-21)23-14(22-3)13(12(11)26-15)24-10-6-4-5-9(20-10)16(17,18)19/h4-6,8,11-14,21H,7H2,1-3H3/t8-,11+,12+,13-,14+/m1/s1. The van der Waals surface area contributed by atoms with Crippen LogP contribution in [0.1, 0.15) is 19.5 Å². The molecule has 7 nitrogen and oxygen atoms in total. The van der Waals surface area contributed by atoms with Gasteiger partial charge in [-0.3, -0.25) is 0 Å². The van der Waals surface area contributed by atoms with Crippen LogP contribution in [0.25, 0.3) is 0 Å². The second kappa shape index (κ2) is 6.93. The summed E-state index contributed by atoms with van der Waals surface area (Å²) in [6.45, 7) is 3.03. The lowest BCUT2D eigenvalue weighted by Crippen LogP contribution is -2.59. The fourth-order valence-electron chi connectivity index (χ4n) is 3.08. The van der Waals surface area contributed by atoms with Crippen molar-refractivity contribution in [3.05, 3.63) is 23.9 Å². The summed E-state index contributed by atoms with van der Waals surface area (Å²) in [7, 11) is 1.36. The van der Waals surface area contributed by atoms with E-state index in [1.807, 2.05) is 0 Å². The molecule has 26 heavy (non-hydrogen) atoms. The smallest absolute Gasteiger partial charge is 0.433 e. The molecule has 2 fully saturated rings. The summed E-state index contributed by atoms with van der Waals surface area (Å²) < 4.78 is 66.7. The van der Waals surface area contributed by atoms with Gasteiger partial charge in [-0.15, -0.1) is 0 Å². The molecule has 5 atom stereocenters. The maximum atomic E-state index is 12.9. The molecule has 1 aromatic heterocycles. The topological polar surface area (TPSA) is 79.3 Å². The van der Waals surface area contributed by atoms with Gasteiger partial charge in [-0.25, -0.2) is 4.98 Å². The van der Waals surface area contributed by atoms with E-state index in [0.29, 0.717) is 0 Å². The highest BCUT2D eigenvalue weighted by molar-refractivity contribution is 5.18. The molecule has 3 rings (SSSR count). The van der Waals surface area contributed by atoms with E-state index in [0.717, 1.165) is 6.07 Å². The molecule has 1 N–H and O–H groups in total. The number of nitrogens with zero attached hydrogens (tertiary/aromatic N) is 1. The highest BCUT2D eigenvalue weighted by atomic mass is 19.4. The van der Waals surface area contributed by atoms with Crippen LogP contribution in [0.4, 0.5) is 13.2 Å². The van der Waals surface area contributed by atoms with Crippen molar-refractivity contribution in [2.24, 2.45) is 0 Å². The molecule has 0 saturated carbocycles. The number of aromatic nitrogens is 1. The van der Waals surface area contributed by atoms with E-state index in [1.165, 1.54) is 19.2 Å². The fraction of sp³-hybridized carbons (Fsp3) is 0.688. The lowest BCUT2D eigenvalue weighted by atomic mass is 9.99. The van der Waals surface area contributed by atoms with Gasteiger partial charge >= 0.3 is 6.18 Å². The summed E-state index contributed by atoms with van der Waals surface area (Å²) in [6, 6.07) is 3.34. The summed E-state index contributed by atoms with van der Waals surface area (Å²) in [6.07, 6.45) is -8.63. The van der Waals surface area contributed by atoms with Gasteiger partial charge in [-0.1, -0.05) is 6.07 Å². The van der Waals surface area contributed by atoms with Crippen molar-refractivity contribution in [3.63, 3.8) is 0 Å². The average molecular weight is 379 g/mol. The van der Waals surface area contributed by atoms with Crippen molar-refractivity contribution < 1.29 is 42.0 Å². The zero-order valence-corrected chi connectivity index (χ0v) is 14.4. The van der Waals surface area contributed by atoms with Crippen LogP contribution >= 0.6 is 0 Å². The lowest BCUT2D eigenvalue weighted by molar-refractivity contribution is -0.268. The first-order valence-corrected chi connectivity index (χ1v) is 8.00. The minimum atomic E-state index is -4.59. The average Bonchev–Trinajstić information content (AvgIpc) is 2.90. The molecule has 0 radical (unpaired) electrons. The van der Waals surface area contributed by atoms with E-state index >= 15 is 0 Å². The van der Waals surface area contributed by atoms with Crippen molar-refractivity contribution in [1.82, 2.24) is 4.98 Å². The van der Waals surface area contributed by atoms with Crippen LogP contribution in [0, 0.1) is 0 Å². The number of hydrogen-bond acceptors (Lipinski definition) is 7. The quantitative estimate of drug-likeness (QED) is 0.854. The molecule has 2 aliphatic heterocycles. The van der Waals surface area contributed by atoms with E-state index in [2.05, 4.69) is 4.98 Å². The van der Waals surface area contributed by atoms with Gasteiger partial charge in [0.2, 0.25) is 5.88 Å². The van der Waals surface area contributed by atoms with E-state index in [1.54, 1.807) is 13.8 Å². The largest absolute Gasteiger partial charge is 0.466 e. The minimum absolute atomic E-state index is 0.245. The van der Waals surface area contributed by atoms with Crippen molar-refractivity contribution >= 4 is 0 Å². The molecule has 0 spiro atoms. The monoisotopic (exact) mass is 379 g/mol. The molecule has 0 bridgehead atoms. The van der Waals surface area contributed by atoms with Crippen LogP contribution < -0.4 is 4.74 Å². The molecular weight excluding hydrogens is 359 g/mol. The Hall–Kier alpha value is -1.46. The molecule has 2 saturated heterocycles. The van der Waals surface area contributed by atoms with Gasteiger partial charge in [0.15, 0.2) is 18.2 Å². The maximum absolute atomic E-state index is 12.9. The van der Waals surface area contributed by atoms with Crippen molar-refractivity contribution in [1.29, 1.82) is 0 Å². The Balaban J connectivity index is 1.87.